The van der Waals surface area contributed by atoms with Crippen molar-refractivity contribution in [1.82, 2.24) is 4.98 Å². The molecule has 5 heteroatoms. The van der Waals surface area contributed by atoms with Crippen LogP contribution in [-0.2, 0) is 9.53 Å². The second kappa shape index (κ2) is 8.79. The number of hydrogen-bond donors (Lipinski definition) is 1. The quantitative estimate of drug-likeness (QED) is 0.453. The van der Waals surface area contributed by atoms with Crippen molar-refractivity contribution >= 4 is 28.5 Å². The van der Waals surface area contributed by atoms with E-state index < -0.39 is 5.97 Å². The molecule has 3 aromatic carbocycles. The Bertz CT molecular complexity index is 1250. The predicted octanol–water partition coefficient (Wildman–Crippen LogP) is 5.31. The molecule has 0 radical (unpaired) electrons. The fourth-order valence-electron chi connectivity index (χ4n) is 3.50. The molecule has 0 aliphatic heterocycles. The SMILES string of the molecule is Cc1cccc(C)c1NC(=O)COC(=O)c1cc(-c2ccccc2)nc2ccccc12. The third-order valence-corrected chi connectivity index (χ3v) is 5.09. The fraction of sp³-hybridized carbons (Fsp3) is 0.115. The van der Waals surface area contributed by atoms with Crippen LogP contribution in [0.4, 0.5) is 5.69 Å². The molecule has 1 amide bonds. The number of benzene rings is 3. The van der Waals surface area contributed by atoms with Crippen LogP contribution in [0.25, 0.3) is 22.2 Å². The smallest absolute Gasteiger partial charge is 0.339 e. The summed E-state index contributed by atoms with van der Waals surface area (Å²) in [6.07, 6.45) is 0. The molecule has 0 saturated carbocycles. The number of aromatic nitrogens is 1. The van der Waals surface area contributed by atoms with Gasteiger partial charge in [0.1, 0.15) is 0 Å². The lowest BCUT2D eigenvalue weighted by Crippen LogP contribution is -2.22. The van der Waals surface area contributed by atoms with Gasteiger partial charge in [0, 0.05) is 16.6 Å². The minimum Gasteiger partial charge on any atom is -0.452 e. The van der Waals surface area contributed by atoms with Gasteiger partial charge in [0.2, 0.25) is 0 Å². The topological polar surface area (TPSA) is 68.3 Å². The molecule has 154 valence electrons. The third-order valence-electron chi connectivity index (χ3n) is 5.09. The number of rotatable bonds is 5. The van der Waals surface area contributed by atoms with Crippen molar-refractivity contribution in [1.29, 1.82) is 0 Å². The van der Waals surface area contributed by atoms with E-state index in [1.165, 1.54) is 0 Å². The lowest BCUT2D eigenvalue weighted by Gasteiger charge is -2.12. The Morgan fingerprint density at radius 1 is 0.871 bits per heavy atom. The Morgan fingerprint density at radius 2 is 1.55 bits per heavy atom. The average molecular weight is 410 g/mol. The van der Waals surface area contributed by atoms with Gasteiger partial charge in [0.15, 0.2) is 6.61 Å². The summed E-state index contributed by atoms with van der Waals surface area (Å²) in [6.45, 7) is 3.47. The van der Waals surface area contributed by atoms with E-state index in [0.717, 1.165) is 22.4 Å². The highest BCUT2D eigenvalue weighted by Crippen LogP contribution is 2.25. The van der Waals surface area contributed by atoms with Crippen molar-refractivity contribution in [2.24, 2.45) is 0 Å². The zero-order valence-corrected chi connectivity index (χ0v) is 17.4. The number of para-hydroxylation sites is 2. The first-order valence-corrected chi connectivity index (χ1v) is 10.0. The zero-order valence-electron chi connectivity index (χ0n) is 17.4. The van der Waals surface area contributed by atoms with Gasteiger partial charge in [-0.25, -0.2) is 9.78 Å². The molecule has 0 saturated heterocycles. The molecule has 1 N–H and O–H groups in total. The number of anilines is 1. The Morgan fingerprint density at radius 3 is 2.29 bits per heavy atom. The molecule has 1 aromatic heterocycles. The number of pyridine rings is 1. The molecule has 0 fully saturated rings. The van der Waals surface area contributed by atoms with Crippen molar-refractivity contribution in [3.8, 4) is 11.3 Å². The maximum atomic E-state index is 12.9. The van der Waals surface area contributed by atoms with Gasteiger partial charge < -0.3 is 10.1 Å². The second-order valence-electron chi connectivity index (χ2n) is 7.33. The van der Waals surface area contributed by atoms with E-state index in [-0.39, 0.29) is 12.5 Å². The molecule has 0 aliphatic carbocycles. The highest BCUT2D eigenvalue weighted by molar-refractivity contribution is 6.05. The summed E-state index contributed by atoms with van der Waals surface area (Å²) in [6, 6.07) is 24.5. The zero-order chi connectivity index (χ0) is 21.8. The maximum Gasteiger partial charge on any atom is 0.339 e. The van der Waals surface area contributed by atoms with Crippen LogP contribution in [0.15, 0.2) is 78.9 Å². The van der Waals surface area contributed by atoms with Crippen LogP contribution in [0, 0.1) is 13.8 Å². The molecular weight excluding hydrogens is 388 g/mol. The van der Waals surface area contributed by atoms with Crippen LogP contribution in [0.5, 0.6) is 0 Å². The lowest BCUT2D eigenvalue weighted by molar-refractivity contribution is -0.119. The Hall–Kier alpha value is -3.99. The van der Waals surface area contributed by atoms with Crippen molar-refractivity contribution < 1.29 is 14.3 Å². The standard InChI is InChI=1S/C26H22N2O3/c1-17-9-8-10-18(2)25(17)28-24(29)16-31-26(30)21-15-23(19-11-4-3-5-12-19)27-22-14-7-6-13-20(21)22/h3-15H,16H2,1-2H3,(H,28,29). The number of esters is 1. The summed E-state index contributed by atoms with van der Waals surface area (Å²) in [5.41, 5.74) is 5.28. The highest BCUT2D eigenvalue weighted by atomic mass is 16.5. The molecule has 4 aromatic rings. The second-order valence-corrected chi connectivity index (χ2v) is 7.33. The number of carbonyl (C=O) groups excluding carboxylic acids is 2. The maximum absolute atomic E-state index is 12.9. The molecule has 1 heterocycles. The van der Waals surface area contributed by atoms with Gasteiger partial charge in [-0.15, -0.1) is 0 Å². The molecule has 0 aliphatic rings. The molecule has 0 spiro atoms. The van der Waals surface area contributed by atoms with E-state index in [1.54, 1.807) is 6.07 Å². The normalized spacial score (nSPS) is 10.6. The first-order chi connectivity index (χ1) is 15.0. The van der Waals surface area contributed by atoms with Crippen LogP contribution in [0.1, 0.15) is 21.5 Å². The van der Waals surface area contributed by atoms with E-state index in [9.17, 15) is 9.59 Å². The number of hydrogen-bond acceptors (Lipinski definition) is 4. The summed E-state index contributed by atoms with van der Waals surface area (Å²) in [5.74, 6) is -0.945. The Balaban J connectivity index is 1.57. The van der Waals surface area contributed by atoms with Crippen molar-refractivity contribution in [2.75, 3.05) is 11.9 Å². The van der Waals surface area contributed by atoms with Crippen LogP contribution in [0.2, 0.25) is 0 Å². The molecule has 0 unspecified atom stereocenters. The van der Waals surface area contributed by atoms with Gasteiger partial charge in [-0.3, -0.25) is 4.79 Å². The minimum atomic E-state index is -0.563. The average Bonchev–Trinajstić information content (AvgIpc) is 2.80. The highest BCUT2D eigenvalue weighted by Gasteiger charge is 2.17. The van der Waals surface area contributed by atoms with Crippen LogP contribution in [-0.4, -0.2) is 23.5 Å². The summed E-state index contributed by atoms with van der Waals surface area (Å²) >= 11 is 0. The first kappa shape index (κ1) is 20.3. The number of carbonyl (C=O) groups is 2. The van der Waals surface area contributed by atoms with Crippen LogP contribution in [0.3, 0.4) is 0 Å². The molecule has 4 rings (SSSR count). The van der Waals surface area contributed by atoms with Gasteiger partial charge >= 0.3 is 5.97 Å². The van der Waals surface area contributed by atoms with Gasteiger partial charge in [-0.1, -0.05) is 66.7 Å². The van der Waals surface area contributed by atoms with Gasteiger partial charge in [-0.05, 0) is 37.1 Å². The molecule has 31 heavy (non-hydrogen) atoms. The van der Waals surface area contributed by atoms with E-state index in [2.05, 4.69) is 10.3 Å². The summed E-state index contributed by atoms with van der Waals surface area (Å²) in [4.78, 5) is 30.0. The Kier molecular flexibility index (Phi) is 5.76. The van der Waals surface area contributed by atoms with Gasteiger partial charge in [0.25, 0.3) is 5.91 Å². The van der Waals surface area contributed by atoms with Crippen LogP contribution >= 0.6 is 0 Å². The largest absolute Gasteiger partial charge is 0.452 e. The monoisotopic (exact) mass is 410 g/mol. The number of fused-ring (bicyclic) bond motifs is 1. The summed E-state index contributed by atoms with van der Waals surface area (Å²) < 4.78 is 5.36. The van der Waals surface area contributed by atoms with Crippen molar-refractivity contribution in [2.45, 2.75) is 13.8 Å². The van der Waals surface area contributed by atoms with E-state index in [0.29, 0.717) is 22.2 Å². The summed E-state index contributed by atoms with van der Waals surface area (Å²) in [7, 11) is 0. The van der Waals surface area contributed by atoms with Gasteiger partial charge in [0.05, 0.1) is 16.8 Å². The van der Waals surface area contributed by atoms with Crippen molar-refractivity contribution in [3.63, 3.8) is 0 Å². The molecule has 5 nitrogen and oxygen atoms in total. The summed E-state index contributed by atoms with van der Waals surface area (Å²) in [5, 5.41) is 3.51. The first-order valence-electron chi connectivity index (χ1n) is 10.0. The van der Waals surface area contributed by atoms with E-state index >= 15 is 0 Å². The minimum absolute atomic E-state index is 0.371. The van der Waals surface area contributed by atoms with E-state index in [1.807, 2.05) is 86.6 Å². The number of nitrogens with zero attached hydrogens (tertiary/aromatic N) is 1. The molecule has 0 atom stereocenters. The van der Waals surface area contributed by atoms with E-state index in [4.69, 9.17) is 4.74 Å². The number of aryl methyl sites for hydroxylation is 2. The lowest BCUT2D eigenvalue weighted by atomic mass is 10.0. The molecule has 0 bridgehead atoms. The van der Waals surface area contributed by atoms with Crippen molar-refractivity contribution in [3.05, 3.63) is 95.6 Å². The van der Waals surface area contributed by atoms with Gasteiger partial charge in [-0.2, -0.15) is 0 Å². The fourth-order valence-corrected chi connectivity index (χ4v) is 3.50. The Labute approximate surface area is 180 Å². The third kappa shape index (κ3) is 4.46. The molecular formula is C26H22N2O3. The number of ether oxygens (including phenoxy) is 1. The predicted molar refractivity (Wildman–Crippen MR) is 122 cm³/mol. The number of nitrogens with one attached hydrogen (secondary N) is 1. The van der Waals surface area contributed by atoms with Crippen LogP contribution < -0.4 is 5.32 Å². The number of amides is 1.